The summed E-state index contributed by atoms with van der Waals surface area (Å²) in [6.45, 7) is 19.9. The van der Waals surface area contributed by atoms with E-state index in [-0.39, 0.29) is 7.43 Å². The maximum Gasteiger partial charge on any atom is 0.0124 e. The second-order valence-electron chi connectivity index (χ2n) is 6.73. The maximum absolute atomic E-state index is 2.35. The van der Waals surface area contributed by atoms with Gasteiger partial charge in [0.05, 0.1) is 0 Å². The standard InChI is InChI=1S/C8H19N.C7H17N.CH4/c1-7(2)9(6)8(3,4)5;1-6(2)8(5)7(3)4;/h7H,1-6H3;6-7H,1-5H3;1H4. The van der Waals surface area contributed by atoms with E-state index in [0.29, 0.717) is 23.7 Å². The lowest BCUT2D eigenvalue weighted by Gasteiger charge is -2.35. The molecule has 0 aromatic rings. The summed E-state index contributed by atoms with van der Waals surface area (Å²) in [6, 6.07) is 2.00. The Balaban J connectivity index is -0.000000238. The van der Waals surface area contributed by atoms with Gasteiger partial charge < -0.3 is 4.90 Å². The smallest absolute Gasteiger partial charge is 0.0124 e. The molecule has 0 N–H and O–H groups in total. The van der Waals surface area contributed by atoms with Gasteiger partial charge in [-0.1, -0.05) is 7.43 Å². The van der Waals surface area contributed by atoms with Gasteiger partial charge in [-0.25, -0.2) is 0 Å². The van der Waals surface area contributed by atoms with Gasteiger partial charge in [0.2, 0.25) is 0 Å². The quantitative estimate of drug-likeness (QED) is 0.737. The average Bonchev–Trinajstić information content (AvgIpc) is 2.14. The summed E-state index contributed by atoms with van der Waals surface area (Å²) in [6.07, 6.45) is 0. The van der Waals surface area contributed by atoms with Crippen molar-refractivity contribution in [3.63, 3.8) is 0 Å². The maximum atomic E-state index is 2.35. The van der Waals surface area contributed by atoms with Crippen molar-refractivity contribution in [2.45, 2.75) is 93.4 Å². The minimum Gasteiger partial charge on any atom is -0.302 e. The summed E-state index contributed by atoms with van der Waals surface area (Å²) in [5.74, 6) is 0. The predicted octanol–water partition coefficient (Wildman–Crippen LogP) is 4.50. The summed E-state index contributed by atoms with van der Waals surface area (Å²) in [5.41, 5.74) is 0.314. The molecule has 0 aromatic carbocycles. The SMILES string of the molecule is C.CC(C)N(C)C(C)(C)C.CC(C)N(C)C(C)C. The fourth-order valence-corrected chi connectivity index (χ4v) is 1.37. The van der Waals surface area contributed by atoms with Crippen LogP contribution < -0.4 is 0 Å². The van der Waals surface area contributed by atoms with Crippen LogP contribution in [0.3, 0.4) is 0 Å². The molecular formula is C16H40N2. The zero-order valence-electron chi connectivity index (χ0n) is 14.1. The highest BCUT2D eigenvalue weighted by Crippen LogP contribution is 2.12. The Bertz CT molecular complexity index is 170. The summed E-state index contributed by atoms with van der Waals surface area (Å²) >= 11 is 0. The van der Waals surface area contributed by atoms with E-state index in [1.807, 2.05) is 0 Å². The molecule has 0 amide bonds. The van der Waals surface area contributed by atoms with Crippen molar-refractivity contribution in [2.24, 2.45) is 0 Å². The van der Waals surface area contributed by atoms with Crippen LogP contribution in [0.4, 0.5) is 0 Å². The molecule has 0 fully saturated rings. The lowest BCUT2D eigenvalue weighted by Crippen LogP contribution is -2.42. The normalized spacial score (nSPS) is 12.0. The van der Waals surface area contributed by atoms with Gasteiger partial charge in [0.15, 0.2) is 0 Å². The van der Waals surface area contributed by atoms with Crippen molar-refractivity contribution in [1.82, 2.24) is 9.80 Å². The molecule has 0 unspecified atom stereocenters. The van der Waals surface area contributed by atoms with Crippen LogP contribution in [-0.4, -0.2) is 47.6 Å². The van der Waals surface area contributed by atoms with E-state index in [9.17, 15) is 0 Å². The predicted molar refractivity (Wildman–Crippen MR) is 87.4 cm³/mol. The van der Waals surface area contributed by atoms with Gasteiger partial charge in [-0.15, -0.1) is 0 Å². The molecule has 18 heavy (non-hydrogen) atoms. The van der Waals surface area contributed by atoms with Gasteiger partial charge in [-0.05, 0) is 76.4 Å². The lowest BCUT2D eigenvalue weighted by atomic mass is 10.1. The largest absolute Gasteiger partial charge is 0.302 e. The zero-order chi connectivity index (χ0) is 14.4. The molecule has 2 heteroatoms. The van der Waals surface area contributed by atoms with Gasteiger partial charge in [-0.3, -0.25) is 4.90 Å². The lowest BCUT2D eigenvalue weighted by molar-refractivity contribution is 0.136. The fourth-order valence-electron chi connectivity index (χ4n) is 1.37. The van der Waals surface area contributed by atoms with Crippen LogP contribution in [0.2, 0.25) is 0 Å². The van der Waals surface area contributed by atoms with Crippen LogP contribution in [0.25, 0.3) is 0 Å². The highest BCUT2D eigenvalue weighted by molar-refractivity contribution is 4.74. The van der Waals surface area contributed by atoms with E-state index in [1.165, 1.54) is 0 Å². The van der Waals surface area contributed by atoms with Gasteiger partial charge in [0.25, 0.3) is 0 Å². The molecule has 0 aliphatic heterocycles. The number of hydrogen-bond acceptors (Lipinski definition) is 2. The van der Waals surface area contributed by atoms with Crippen LogP contribution in [0.15, 0.2) is 0 Å². The monoisotopic (exact) mass is 260 g/mol. The highest BCUT2D eigenvalue weighted by Gasteiger charge is 2.18. The van der Waals surface area contributed by atoms with Crippen molar-refractivity contribution in [1.29, 1.82) is 0 Å². The first-order chi connectivity index (χ1) is 7.41. The molecule has 0 spiro atoms. The Kier molecular flexibility index (Phi) is 12.5. The van der Waals surface area contributed by atoms with Crippen LogP contribution in [0.1, 0.15) is 69.7 Å². The van der Waals surface area contributed by atoms with E-state index >= 15 is 0 Å². The Labute approximate surface area is 118 Å². The Morgan fingerprint density at radius 2 is 0.944 bits per heavy atom. The van der Waals surface area contributed by atoms with E-state index in [0.717, 1.165) is 0 Å². The molecule has 0 radical (unpaired) electrons. The molecule has 0 heterocycles. The molecule has 0 saturated heterocycles. The van der Waals surface area contributed by atoms with Gasteiger partial charge in [0.1, 0.15) is 0 Å². The van der Waals surface area contributed by atoms with E-state index < -0.39 is 0 Å². The van der Waals surface area contributed by atoms with Crippen LogP contribution in [-0.2, 0) is 0 Å². The van der Waals surface area contributed by atoms with Crippen molar-refractivity contribution < 1.29 is 0 Å². The third-order valence-electron chi connectivity index (χ3n) is 3.46. The zero-order valence-corrected chi connectivity index (χ0v) is 14.1. The van der Waals surface area contributed by atoms with Crippen LogP contribution >= 0.6 is 0 Å². The van der Waals surface area contributed by atoms with E-state index in [4.69, 9.17) is 0 Å². The summed E-state index contributed by atoms with van der Waals surface area (Å²) in [4.78, 5) is 4.69. The molecule has 0 aromatic heterocycles. The Morgan fingerprint density at radius 1 is 0.667 bits per heavy atom. The number of rotatable bonds is 3. The first kappa shape index (κ1) is 23.0. The van der Waals surface area contributed by atoms with Crippen molar-refractivity contribution in [2.75, 3.05) is 14.1 Å². The fraction of sp³-hybridized carbons (Fsp3) is 1.00. The van der Waals surface area contributed by atoms with E-state index in [2.05, 4.69) is 86.2 Å². The third kappa shape index (κ3) is 11.0. The topological polar surface area (TPSA) is 6.48 Å². The number of nitrogens with zero attached hydrogens (tertiary/aromatic N) is 2. The van der Waals surface area contributed by atoms with Crippen molar-refractivity contribution in [3.8, 4) is 0 Å². The second-order valence-corrected chi connectivity index (χ2v) is 6.73. The summed E-state index contributed by atoms with van der Waals surface area (Å²) in [5, 5.41) is 0. The molecule has 0 bridgehead atoms. The minimum absolute atomic E-state index is 0. The van der Waals surface area contributed by atoms with Crippen LogP contribution in [0, 0.1) is 0 Å². The van der Waals surface area contributed by atoms with Crippen molar-refractivity contribution >= 4 is 0 Å². The van der Waals surface area contributed by atoms with Gasteiger partial charge in [0, 0.05) is 23.7 Å². The summed E-state index contributed by atoms with van der Waals surface area (Å²) < 4.78 is 0. The molecule has 0 rings (SSSR count). The molecular weight excluding hydrogens is 220 g/mol. The minimum atomic E-state index is 0. The number of hydrogen-bond donors (Lipinski definition) is 0. The Hall–Kier alpha value is -0.0800. The van der Waals surface area contributed by atoms with E-state index in [1.54, 1.807) is 0 Å². The van der Waals surface area contributed by atoms with Gasteiger partial charge in [-0.2, -0.15) is 0 Å². The first-order valence-corrected chi connectivity index (χ1v) is 6.86. The molecule has 0 aliphatic carbocycles. The van der Waals surface area contributed by atoms with Crippen LogP contribution in [0.5, 0.6) is 0 Å². The van der Waals surface area contributed by atoms with Gasteiger partial charge >= 0.3 is 0 Å². The molecule has 0 aliphatic rings. The van der Waals surface area contributed by atoms with Crippen molar-refractivity contribution in [3.05, 3.63) is 0 Å². The molecule has 0 atom stereocenters. The Morgan fingerprint density at radius 3 is 0.944 bits per heavy atom. The highest BCUT2D eigenvalue weighted by atomic mass is 15.2. The first-order valence-electron chi connectivity index (χ1n) is 6.86. The average molecular weight is 261 g/mol. The third-order valence-corrected chi connectivity index (χ3v) is 3.46. The second kappa shape index (κ2) is 9.80. The molecule has 114 valence electrons. The molecule has 2 nitrogen and oxygen atoms in total. The molecule has 0 saturated carbocycles. The summed E-state index contributed by atoms with van der Waals surface area (Å²) in [7, 11) is 4.31.